The number of rotatable bonds is 8. The summed E-state index contributed by atoms with van der Waals surface area (Å²) in [5.41, 5.74) is 1.76. The average Bonchev–Trinajstić information content (AvgIpc) is 2.54. The number of hydrogen-bond donors (Lipinski definition) is 1. The van der Waals surface area contributed by atoms with Gasteiger partial charge < -0.3 is 9.84 Å². The highest BCUT2D eigenvalue weighted by atomic mass is 16.5. The zero-order valence-corrected chi connectivity index (χ0v) is 11.9. The van der Waals surface area contributed by atoms with Crippen LogP contribution in [0.5, 0.6) is 0 Å². The lowest BCUT2D eigenvalue weighted by Gasteiger charge is -2.11. The van der Waals surface area contributed by atoms with Gasteiger partial charge in [-0.05, 0) is 12.0 Å². The number of benzene rings is 2. The van der Waals surface area contributed by atoms with E-state index in [2.05, 4.69) is 0 Å². The number of aliphatic hydroxyl groups is 1. The van der Waals surface area contributed by atoms with Gasteiger partial charge in [0.15, 0.2) is 5.78 Å². The second-order valence-corrected chi connectivity index (χ2v) is 4.98. The molecule has 3 nitrogen and oxygen atoms in total. The van der Waals surface area contributed by atoms with Crippen LogP contribution in [0.1, 0.15) is 28.8 Å². The predicted octanol–water partition coefficient (Wildman–Crippen LogP) is 3.23. The second kappa shape index (κ2) is 8.35. The van der Waals surface area contributed by atoms with Crippen molar-refractivity contribution in [1.82, 2.24) is 0 Å². The van der Waals surface area contributed by atoms with Gasteiger partial charge in [0, 0.05) is 12.0 Å². The molecule has 0 aliphatic heterocycles. The van der Waals surface area contributed by atoms with Crippen molar-refractivity contribution in [3.63, 3.8) is 0 Å². The number of aliphatic hydroxyl groups excluding tert-OH is 1. The van der Waals surface area contributed by atoms with Crippen LogP contribution in [0.3, 0.4) is 0 Å². The van der Waals surface area contributed by atoms with Crippen LogP contribution in [0.4, 0.5) is 0 Å². The van der Waals surface area contributed by atoms with Gasteiger partial charge in [-0.1, -0.05) is 60.7 Å². The second-order valence-electron chi connectivity index (χ2n) is 4.98. The summed E-state index contributed by atoms with van der Waals surface area (Å²) in [5, 5.41) is 9.85. The Labute approximate surface area is 125 Å². The molecular weight excluding hydrogens is 264 g/mol. The summed E-state index contributed by atoms with van der Waals surface area (Å²) in [7, 11) is 0. The molecule has 2 rings (SSSR count). The lowest BCUT2D eigenvalue weighted by Crippen LogP contribution is -2.16. The van der Waals surface area contributed by atoms with Crippen LogP contribution in [0.2, 0.25) is 0 Å². The number of carbonyl (C=O) groups excluding carboxylic acids is 1. The Balaban J connectivity index is 1.66. The van der Waals surface area contributed by atoms with Crippen molar-refractivity contribution in [2.75, 3.05) is 6.61 Å². The molecule has 2 aromatic rings. The Kier molecular flexibility index (Phi) is 6.13. The fraction of sp³-hybridized carbons (Fsp3) is 0.278. The largest absolute Gasteiger partial charge is 0.391 e. The molecule has 21 heavy (non-hydrogen) atoms. The topological polar surface area (TPSA) is 46.5 Å². The first-order valence-corrected chi connectivity index (χ1v) is 7.13. The zero-order valence-electron chi connectivity index (χ0n) is 11.9. The summed E-state index contributed by atoms with van der Waals surface area (Å²) in [6.07, 6.45) is 0.143. The monoisotopic (exact) mass is 284 g/mol. The number of carbonyl (C=O) groups is 1. The molecule has 0 amide bonds. The van der Waals surface area contributed by atoms with E-state index in [4.69, 9.17) is 4.74 Å². The lowest BCUT2D eigenvalue weighted by atomic mass is 10.0. The van der Waals surface area contributed by atoms with Crippen molar-refractivity contribution in [3.8, 4) is 0 Å². The summed E-state index contributed by atoms with van der Waals surface area (Å²) in [4.78, 5) is 11.9. The Morgan fingerprint density at radius 3 is 2.29 bits per heavy atom. The van der Waals surface area contributed by atoms with E-state index in [9.17, 15) is 9.90 Å². The number of Topliss-reactive ketones (excluding diaryl/α,β-unsaturated/α-hetero) is 1. The van der Waals surface area contributed by atoms with E-state index in [-0.39, 0.29) is 12.4 Å². The SMILES string of the molecule is O=C(CCC(O)COCc1ccccc1)c1ccccc1. The summed E-state index contributed by atoms with van der Waals surface area (Å²) >= 11 is 0. The fourth-order valence-electron chi connectivity index (χ4n) is 2.04. The van der Waals surface area contributed by atoms with E-state index in [0.717, 1.165) is 5.56 Å². The molecule has 0 aliphatic rings. The highest BCUT2D eigenvalue weighted by molar-refractivity contribution is 5.95. The van der Waals surface area contributed by atoms with E-state index < -0.39 is 6.10 Å². The molecule has 1 N–H and O–H groups in total. The number of ketones is 1. The summed E-state index contributed by atoms with van der Waals surface area (Å²) in [5.74, 6) is 0.0534. The maximum atomic E-state index is 11.9. The van der Waals surface area contributed by atoms with E-state index >= 15 is 0 Å². The van der Waals surface area contributed by atoms with Gasteiger partial charge in [0.05, 0.1) is 19.3 Å². The first-order valence-electron chi connectivity index (χ1n) is 7.13. The molecule has 0 saturated heterocycles. The third kappa shape index (κ3) is 5.50. The molecular formula is C18H20O3. The zero-order chi connectivity index (χ0) is 14.9. The van der Waals surface area contributed by atoms with Crippen LogP contribution >= 0.6 is 0 Å². The van der Waals surface area contributed by atoms with Gasteiger partial charge in [0.25, 0.3) is 0 Å². The molecule has 0 aliphatic carbocycles. The Morgan fingerprint density at radius 2 is 1.62 bits per heavy atom. The summed E-state index contributed by atoms with van der Waals surface area (Å²) < 4.78 is 5.46. The van der Waals surface area contributed by atoms with Crippen molar-refractivity contribution >= 4 is 5.78 Å². The minimum absolute atomic E-state index is 0.0534. The molecule has 1 atom stereocenters. The van der Waals surface area contributed by atoms with Gasteiger partial charge in [-0.15, -0.1) is 0 Å². The van der Waals surface area contributed by atoms with E-state index in [1.54, 1.807) is 12.1 Å². The number of hydrogen-bond acceptors (Lipinski definition) is 3. The van der Waals surface area contributed by atoms with E-state index in [0.29, 0.717) is 25.0 Å². The standard InChI is InChI=1S/C18H20O3/c19-17(14-21-13-15-7-3-1-4-8-15)11-12-18(20)16-9-5-2-6-10-16/h1-10,17,19H,11-14H2. The molecule has 3 heteroatoms. The molecule has 0 bridgehead atoms. The molecule has 0 spiro atoms. The molecule has 0 saturated carbocycles. The minimum Gasteiger partial charge on any atom is -0.391 e. The minimum atomic E-state index is -0.610. The third-order valence-electron chi connectivity index (χ3n) is 3.22. The molecule has 0 aromatic heterocycles. The van der Waals surface area contributed by atoms with Gasteiger partial charge >= 0.3 is 0 Å². The van der Waals surface area contributed by atoms with Crippen molar-refractivity contribution in [2.45, 2.75) is 25.6 Å². The quantitative estimate of drug-likeness (QED) is 0.757. The van der Waals surface area contributed by atoms with Gasteiger partial charge in [-0.3, -0.25) is 4.79 Å². The molecule has 1 unspecified atom stereocenters. The van der Waals surface area contributed by atoms with Gasteiger partial charge in [-0.2, -0.15) is 0 Å². The Hall–Kier alpha value is -1.97. The molecule has 0 radical (unpaired) electrons. The van der Waals surface area contributed by atoms with Crippen LogP contribution in [0.25, 0.3) is 0 Å². The smallest absolute Gasteiger partial charge is 0.162 e. The van der Waals surface area contributed by atoms with Gasteiger partial charge in [0.2, 0.25) is 0 Å². The summed E-state index contributed by atoms with van der Waals surface area (Å²) in [6.45, 7) is 0.724. The van der Waals surface area contributed by atoms with Crippen LogP contribution in [0, 0.1) is 0 Å². The van der Waals surface area contributed by atoms with E-state index in [1.165, 1.54) is 0 Å². The Morgan fingerprint density at radius 1 is 1.00 bits per heavy atom. The summed E-state index contributed by atoms with van der Waals surface area (Å²) in [6, 6.07) is 19.0. The highest BCUT2D eigenvalue weighted by Crippen LogP contribution is 2.08. The van der Waals surface area contributed by atoms with Crippen molar-refractivity contribution < 1.29 is 14.6 Å². The van der Waals surface area contributed by atoms with Crippen LogP contribution in [-0.2, 0) is 11.3 Å². The van der Waals surface area contributed by atoms with E-state index in [1.807, 2.05) is 48.5 Å². The number of ether oxygens (including phenoxy) is 1. The normalized spacial score (nSPS) is 12.0. The van der Waals surface area contributed by atoms with Crippen molar-refractivity contribution in [2.24, 2.45) is 0 Å². The Bertz CT molecular complexity index is 537. The maximum absolute atomic E-state index is 11.9. The lowest BCUT2D eigenvalue weighted by molar-refractivity contribution is 0.0236. The van der Waals surface area contributed by atoms with Crippen molar-refractivity contribution in [3.05, 3.63) is 71.8 Å². The maximum Gasteiger partial charge on any atom is 0.162 e. The molecule has 0 heterocycles. The van der Waals surface area contributed by atoms with Crippen LogP contribution in [0.15, 0.2) is 60.7 Å². The third-order valence-corrected chi connectivity index (χ3v) is 3.22. The molecule has 0 fully saturated rings. The van der Waals surface area contributed by atoms with Crippen LogP contribution < -0.4 is 0 Å². The van der Waals surface area contributed by atoms with Crippen LogP contribution in [-0.4, -0.2) is 23.6 Å². The van der Waals surface area contributed by atoms with Gasteiger partial charge in [0.1, 0.15) is 0 Å². The molecule has 2 aromatic carbocycles. The first kappa shape index (κ1) is 15.4. The predicted molar refractivity (Wildman–Crippen MR) is 82.1 cm³/mol. The first-order chi connectivity index (χ1) is 10.3. The average molecular weight is 284 g/mol. The highest BCUT2D eigenvalue weighted by Gasteiger charge is 2.10. The van der Waals surface area contributed by atoms with Crippen molar-refractivity contribution in [1.29, 1.82) is 0 Å². The van der Waals surface area contributed by atoms with Gasteiger partial charge in [-0.25, -0.2) is 0 Å². The fourth-order valence-corrected chi connectivity index (χ4v) is 2.04. The molecule has 110 valence electrons.